The second-order valence-electron chi connectivity index (χ2n) is 4.91. The fraction of sp³-hybridized carbons (Fsp3) is 0.909. The summed E-state index contributed by atoms with van der Waals surface area (Å²) in [5.74, 6) is -0.332. The Kier molecular flexibility index (Phi) is 4.71. The Labute approximate surface area is 110 Å². The van der Waals surface area contributed by atoms with Crippen LogP contribution in [-0.2, 0) is 9.53 Å². The van der Waals surface area contributed by atoms with Crippen molar-refractivity contribution < 1.29 is 30.0 Å². The van der Waals surface area contributed by atoms with Gasteiger partial charge in [-0.2, -0.15) is 0 Å². The lowest BCUT2D eigenvalue weighted by Gasteiger charge is -2.40. The summed E-state index contributed by atoms with van der Waals surface area (Å²) in [4.78, 5) is 11.9. The van der Waals surface area contributed by atoms with Crippen molar-refractivity contribution in [2.24, 2.45) is 0 Å². The normalized spacial score (nSPS) is 43.2. The first-order chi connectivity index (χ1) is 9.04. The molecule has 8 nitrogen and oxygen atoms in total. The van der Waals surface area contributed by atoms with Crippen molar-refractivity contribution in [1.82, 2.24) is 10.6 Å². The zero-order chi connectivity index (χ0) is 14.0. The van der Waals surface area contributed by atoms with E-state index in [2.05, 4.69) is 10.6 Å². The van der Waals surface area contributed by atoms with Crippen LogP contribution in [0.25, 0.3) is 0 Å². The molecule has 0 aromatic carbocycles. The number of rotatable bonds is 3. The van der Waals surface area contributed by atoms with E-state index >= 15 is 0 Å². The minimum absolute atomic E-state index is 0.332. The number of hydrogen-bond donors (Lipinski definition) is 6. The highest BCUT2D eigenvalue weighted by atomic mass is 16.6. The molecule has 0 unspecified atom stereocenters. The standard InChI is InChI=1S/C11H20N2O6/c14-4-6-7(15)8(16)9(17)11(19-6)13-10(18)5-2-1-3-12-5/h5-9,11-12,14-17H,1-4H2,(H,13,18)/t5-,6+,7+,8-,9+,11+/m0/s1. The molecule has 0 aliphatic carbocycles. The fourth-order valence-corrected chi connectivity index (χ4v) is 2.37. The molecule has 0 aromatic rings. The SMILES string of the molecule is O=C(N[C@@H]1O[C@H](CO)[C@@H](O)[C@H](O)[C@H]1O)[C@@H]1CCCN1. The van der Waals surface area contributed by atoms with Gasteiger partial charge in [0.05, 0.1) is 12.6 Å². The first-order valence-corrected chi connectivity index (χ1v) is 6.39. The highest BCUT2D eigenvalue weighted by molar-refractivity contribution is 5.82. The summed E-state index contributed by atoms with van der Waals surface area (Å²) in [5, 5.41) is 43.4. The third-order valence-corrected chi connectivity index (χ3v) is 3.55. The lowest BCUT2D eigenvalue weighted by atomic mass is 9.98. The van der Waals surface area contributed by atoms with Gasteiger partial charge in [0.25, 0.3) is 0 Å². The van der Waals surface area contributed by atoms with Crippen LogP contribution in [0.15, 0.2) is 0 Å². The van der Waals surface area contributed by atoms with E-state index in [1.807, 2.05) is 0 Å². The van der Waals surface area contributed by atoms with Crippen LogP contribution in [0.5, 0.6) is 0 Å². The minimum atomic E-state index is -1.48. The molecule has 2 heterocycles. The Bertz CT molecular complexity index is 320. The largest absolute Gasteiger partial charge is 0.394 e. The number of amides is 1. The molecule has 1 amide bonds. The number of hydrogen-bond acceptors (Lipinski definition) is 7. The number of aliphatic hydroxyl groups is 4. The van der Waals surface area contributed by atoms with Gasteiger partial charge in [0.1, 0.15) is 24.4 Å². The molecule has 0 spiro atoms. The van der Waals surface area contributed by atoms with Crippen molar-refractivity contribution in [3.05, 3.63) is 0 Å². The van der Waals surface area contributed by atoms with Crippen LogP contribution < -0.4 is 10.6 Å². The van der Waals surface area contributed by atoms with Crippen molar-refractivity contribution in [1.29, 1.82) is 0 Å². The molecule has 2 saturated heterocycles. The van der Waals surface area contributed by atoms with E-state index in [0.29, 0.717) is 6.42 Å². The molecule has 0 aromatic heterocycles. The summed E-state index contributed by atoms with van der Waals surface area (Å²) in [5.41, 5.74) is 0. The second kappa shape index (κ2) is 6.12. The maximum atomic E-state index is 11.9. The number of carbonyl (C=O) groups is 1. The first-order valence-electron chi connectivity index (χ1n) is 6.39. The van der Waals surface area contributed by atoms with Crippen LogP contribution in [-0.4, -0.2) is 76.2 Å². The molecule has 2 aliphatic heterocycles. The van der Waals surface area contributed by atoms with Gasteiger partial charge in [-0.3, -0.25) is 4.79 Å². The molecular weight excluding hydrogens is 256 g/mol. The number of carbonyl (C=O) groups excluding carboxylic acids is 1. The molecule has 2 rings (SSSR count). The van der Waals surface area contributed by atoms with E-state index < -0.39 is 37.3 Å². The highest BCUT2D eigenvalue weighted by Crippen LogP contribution is 2.20. The average molecular weight is 276 g/mol. The van der Waals surface area contributed by atoms with Gasteiger partial charge in [-0.1, -0.05) is 0 Å². The Hall–Kier alpha value is -0.770. The monoisotopic (exact) mass is 276 g/mol. The quantitative estimate of drug-likeness (QED) is 0.317. The van der Waals surface area contributed by atoms with Gasteiger partial charge in [0, 0.05) is 0 Å². The zero-order valence-electron chi connectivity index (χ0n) is 10.4. The third-order valence-electron chi connectivity index (χ3n) is 3.55. The van der Waals surface area contributed by atoms with Crippen LogP contribution in [0.4, 0.5) is 0 Å². The molecule has 2 fully saturated rings. The van der Waals surface area contributed by atoms with E-state index in [1.165, 1.54) is 0 Å². The first kappa shape index (κ1) is 14.6. The van der Waals surface area contributed by atoms with E-state index in [4.69, 9.17) is 9.84 Å². The van der Waals surface area contributed by atoms with E-state index in [9.17, 15) is 20.1 Å². The second-order valence-corrected chi connectivity index (χ2v) is 4.91. The van der Waals surface area contributed by atoms with Crippen LogP contribution in [0.3, 0.4) is 0 Å². The van der Waals surface area contributed by atoms with Crippen LogP contribution in [0.2, 0.25) is 0 Å². The summed E-state index contributed by atoms with van der Waals surface area (Å²) < 4.78 is 5.19. The lowest BCUT2D eigenvalue weighted by Crippen LogP contribution is -2.64. The molecule has 0 saturated carbocycles. The fourth-order valence-electron chi connectivity index (χ4n) is 2.37. The molecule has 0 radical (unpaired) electrons. The van der Waals surface area contributed by atoms with Gasteiger partial charge in [-0.15, -0.1) is 0 Å². The topological polar surface area (TPSA) is 131 Å². The Morgan fingerprint density at radius 1 is 1.26 bits per heavy atom. The third kappa shape index (κ3) is 3.04. The van der Waals surface area contributed by atoms with E-state index in [-0.39, 0.29) is 11.9 Å². The van der Waals surface area contributed by atoms with Gasteiger partial charge in [-0.25, -0.2) is 0 Å². The van der Waals surface area contributed by atoms with Crippen molar-refractivity contribution in [2.75, 3.05) is 13.2 Å². The van der Waals surface area contributed by atoms with Crippen molar-refractivity contribution in [3.8, 4) is 0 Å². The van der Waals surface area contributed by atoms with Crippen LogP contribution >= 0.6 is 0 Å². The van der Waals surface area contributed by atoms with Crippen molar-refractivity contribution in [3.63, 3.8) is 0 Å². The minimum Gasteiger partial charge on any atom is -0.394 e. The summed E-state index contributed by atoms with van der Waals surface area (Å²) >= 11 is 0. The van der Waals surface area contributed by atoms with Gasteiger partial charge in [-0.05, 0) is 19.4 Å². The molecule has 8 heteroatoms. The molecule has 110 valence electrons. The predicted octanol–water partition coefficient (Wildman–Crippen LogP) is -3.35. The Balaban J connectivity index is 1.96. The van der Waals surface area contributed by atoms with Gasteiger partial charge < -0.3 is 35.8 Å². The average Bonchev–Trinajstić information content (AvgIpc) is 2.93. The summed E-state index contributed by atoms with van der Waals surface area (Å²) in [6, 6.07) is -0.340. The van der Waals surface area contributed by atoms with Gasteiger partial charge >= 0.3 is 0 Å². The van der Waals surface area contributed by atoms with E-state index in [1.54, 1.807) is 0 Å². The van der Waals surface area contributed by atoms with E-state index in [0.717, 1.165) is 13.0 Å². The summed E-state index contributed by atoms with van der Waals surface area (Å²) in [7, 11) is 0. The van der Waals surface area contributed by atoms with Gasteiger partial charge in [0.15, 0.2) is 6.23 Å². The molecule has 2 aliphatic rings. The number of aliphatic hydroxyl groups excluding tert-OH is 4. The Morgan fingerprint density at radius 3 is 2.58 bits per heavy atom. The Morgan fingerprint density at radius 2 is 2.00 bits per heavy atom. The predicted molar refractivity (Wildman–Crippen MR) is 62.9 cm³/mol. The maximum absolute atomic E-state index is 11.9. The van der Waals surface area contributed by atoms with Crippen molar-refractivity contribution >= 4 is 5.91 Å². The number of nitrogens with one attached hydrogen (secondary N) is 2. The summed E-state index contributed by atoms with van der Waals surface area (Å²) in [6.45, 7) is 0.242. The lowest BCUT2D eigenvalue weighted by molar-refractivity contribution is -0.236. The van der Waals surface area contributed by atoms with Crippen LogP contribution in [0.1, 0.15) is 12.8 Å². The molecule has 6 atom stereocenters. The molecule has 19 heavy (non-hydrogen) atoms. The molecule has 0 bridgehead atoms. The summed E-state index contributed by atoms with van der Waals surface area (Å²) in [6.07, 6.45) is -4.91. The maximum Gasteiger partial charge on any atom is 0.239 e. The van der Waals surface area contributed by atoms with Gasteiger partial charge in [0.2, 0.25) is 5.91 Å². The molecule has 6 N–H and O–H groups in total. The van der Waals surface area contributed by atoms with Crippen LogP contribution in [0, 0.1) is 0 Å². The smallest absolute Gasteiger partial charge is 0.239 e. The zero-order valence-corrected chi connectivity index (χ0v) is 10.4. The number of ether oxygens (including phenoxy) is 1. The molecular formula is C11H20N2O6. The highest BCUT2D eigenvalue weighted by Gasteiger charge is 2.44. The van der Waals surface area contributed by atoms with Crippen molar-refractivity contribution in [2.45, 2.75) is 49.5 Å².